The molecule has 1 saturated heterocycles. The second-order valence-electron chi connectivity index (χ2n) is 5.01. The van der Waals surface area contributed by atoms with Crippen LogP contribution in [0, 0.1) is 0 Å². The van der Waals surface area contributed by atoms with E-state index in [1.54, 1.807) is 0 Å². The van der Waals surface area contributed by atoms with Gasteiger partial charge in [0.15, 0.2) is 5.96 Å². The first-order chi connectivity index (χ1) is 8.29. The van der Waals surface area contributed by atoms with Crippen LogP contribution in [-0.4, -0.2) is 50.1 Å². The lowest BCUT2D eigenvalue weighted by molar-refractivity contribution is 0.309. The minimum absolute atomic E-state index is 0.530. The highest BCUT2D eigenvalue weighted by atomic mass is 15.2. The molecule has 4 nitrogen and oxygen atoms in total. The van der Waals surface area contributed by atoms with E-state index in [-0.39, 0.29) is 0 Å². The molecule has 2 N–H and O–H groups in total. The number of rotatable bonds is 3. The van der Waals surface area contributed by atoms with Gasteiger partial charge in [-0.1, -0.05) is 12.2 Å². The normalized spacial score (nSPS) is 26.7. The van der Waals surface area contributed by atoms with Gasteiger partial charge in [0.25, 0.3) is 0 Å². The predicted molar refractivity (Wildman–Crippen MR) is 72.3 cm³/mol. The van der Waals surface area contributed by atoms with Crippen LogP contribution >= 0.6 is 0 Å². The largest absolute Gasteiger partial charge is 0.355 e. The molecular weight excluding hydrogens is 212 g/mol. The van der Waals surface area contributed by atoms with Crippen molar-refractivity contribution < 1.29 is 0 Å². The van der Waals surface area contributed by atoms with E-state index in [4.69, 9.17) is 0 Å². The lowest BCUT2D eigenvalue weighted by Gasteiger charge is -2.22. The van der Waals surface area contributed by atoms with Crippen molar-refractivity contribution in [3.8, 4) is 0 Å². The van der Waals surface area contributed by atoms with Crippen molar-refractivity contribution in [2.75, 3.05) is 27.2 Å². The molecule has 0 aromatic heterocycles. The molecule has 96 valence electrons. The lowest BCUT2D eigenvalue weighted by Crippen LogP contribution is -2.46. The van der Waals surface area contributed by atoms with E-state index in [2.05, 4.69) is 39.7 Å². The Morgan fingerprint density at radius 2 is 2.18 bits per heavy atom. The summed E-state index contributed by atoms with van der Waals surface area (Å²) < 4.78 is 0. The van der Waals surface area contributed by atoms with Gasteiger partial charge in [-0.05, 0) is 39.3 Å². The van der Waals surface area contributed by atoms with Crippen LogP contribution in [0.5, 0.6) is 0 Å². The van der Waals surface area contributed by atoms with Crippen molar-refractivity contribution in [1.29, 1.82) is 0 Å². The van der Waals surface area contributed by atoms with E-state index in [9.17, 15) is 0 Å². The summed E-state index contributed by atoms with van der Waals surface area (Å²) in [5.41, 5.74) is 0. The van der Waals surface area contributed by atoms with Gasteiger partial charge in [0, 0.05) is 25.7 Å². The van der Waals surface area contributed by atoms with E-state index in [0.717, 1.165) is 25.3 Å². The van der Waals surface area contributed by atoms with Crippen LogP contribution in [0.25, 0.3) is 0 Å². The van der Waals surface area contributed by atoms with Gasteiger partial charge in [0.05, 0.1) is 0 Å². The van der Waals surface area contributed by atoms with Gasteiger partial charge in [0.1, 0.15) is 0 Å². The fraction of sp³-hybridized carbons (Fsp3) is 0.769. The highest BCUT2D eigenvalue weighted by Gasteiger charge is 2.21. The van der Waals surface area contributed by atoms with Crippen molar-refractivity contribution in [1.82, 2.24) is 15.5 Å². The van der Waals surface area contributed by atoms with Crippen LogP contribution < -0.4 is 10.6 Å². The molecule has 0 bridgehead atoms. The van der Waals surface area contributed by atoms with Crippen molar-refractivity contribution in [3.05, 3.63) is 12.2 Å². The fourth-order valence-corrected chi connectivity index (χ4v) is 2.57. The molecule has 2 aliphatic rings. The molecule has 1 heterocycles. The summed E-state index contributed by atoms with van der Waals surface area (Å²) in [5, 5.41) is 6.90. The van der Waals surface area contributed by atoms with Crippen LogP contribution in [-0.2, 0) is 0 Å². The second-order valence-corrected chi connectivity index (χ2v) is 5.01. The van der Waals surface area contributed by atoms with Gasteiger partial charge in [-0.3, -0.25) is 4.99 Å². The summed E-state index contributed by atoms with van der Waals surface area (Å²) in [6.07, 6.45) is 9.31. The lowest BCUT2D eigenvalue weighted by atomic mass is 10.2. The summed E-state index contributed by atoms with van der Waals surface area (Å²) >= 11 is 0. The Kier molecular flexibility index (Phi) is 4.42. The average Bonchev–Trinajstić information content (AvgIpc) is 2.96. The third kappa shape index (κ3) is 3.46. The van der Waals surface area contributed by atoms with Gasteiger partial charge in [-0.15, -0.1) is 0 Å². The molecule has 1 aliphatic heterocycles. The summed E-state index contributed by atoms with van der Waals surface area (Å²) in [7, 11) is 4.05. The first-order valence-corrected chi connectivity index (χ1v) is 6.62. The van der Waals surface area contributed by atoms with E-state index in [1.165, 1.54) is 19.4 Å². The number of guanidine groups is 1. The van der Waals surface area contributed by atoms with E-state index in [1.807, 2.05) is 7.05 Å². The molecule has 2 rings (SSSR count). The molecule has 1 aliphatic carbocycles. The smallest absolute Gasteiger partial charge is 0.191 e. The summed E-state index contributed by atoms with van der Waals surface area (Å²) in [6.45, 7) is 2.22. The highest BCUT2D eigenvalue weighted by molar-refractivity contribution is 5.80. The maximum Gasteiger partial charge on any atom is 0.191 e. The number of likely N-dealkylation sites (N-methyl/N-ethyl adjacent to an activating group) is 1. The van der Waals surface area contributed by atoms with Crippen LogP contribution in [0.15, 0.2) is 17.1 Å². The Hall–Kier alpha value is -1.03. The van der Waals surface area contributed by atoms with Crippen molar-refractivity contribution in [2.24, 2.45) is 4.99 Å². The Bertz CT molecular complexity index is 290. The van der Waals surface area contributed by atoms with Gasteiger partial charge >= 0.3 is 0 Å². The Morgan fingerprint density at radius 3 is 2.76 bits per heavy atom. The molecule has 1 fully saturated rings. The van der Waals surface area contributed by atoms with E-state index < -0.39 is 0 Å². The molecular formula is C13H24N4. The topological polar surface area (TPSA) is 39.7 Å². The van der Waals surface area contributed by atoms with Crippen LogP contribution in [0.4, 0.5) is 0 Å². The Labute approximate surface area is 104 Å². The molecule has 0 saturated carbocycles. The number of aliphatic imine (C=N–C) groups is 1. The van der Waals surface area contributed by atoms with Gasteiger partial charge in [-0.2, -0.15) is 0 Å². The van der Waals surface area contributed by atoms with E-state index >= 15 is 0 Å². The molecule has 4 heteroatoms. The maximum atomic E-state index is 4.29. The molecule has 0 amide bonds. The number of nitrogens with zero attached hydrogens (tertiary/aromatic N) is 2. The Balaban J connectivity index is 1.72. The number of nitrogens with one attached hydrogen (secondary N) is 2. The van der Waals surface area contributed by atoms with Crippen LogP contribution in [0.2, 0.25) is 0 Å². The zero-order valence-electron chi connectivity index (χ0n) is 10.9. The van der Waals surface area contributed by atoms with Gasteiger partial charge in [0.2, 0.25) is 0 Å². The third-order valence-corrected chi connectivity index (χ3v) is 3.75. The second kappa shape index (κ2) is 6.05. The zero-order valence-corrected chi connectivity index (χ0v) is 10.9. The van der Waals surface area contributed by atoms with E-state index in [0.29, 0.717) is 12.1 Å². The number of hydrogen-bond acceptors (Lipinski definition) is 2. The highest BCUT2D eigenvalue weighted by Crippen LogP contribution is 2.13. The molecule has 1 atom stereocenters. The fourth-order valence-electron chi connectivity index (χ4n) is 2.57. The summed E-state index contributed by atoms with van der Waals surface area (Å²) in [6, 6.07) is 1.19. The SMILES string of the molecule is CN=C(NCC1CCCN1C)NC1CC=CC1. The first-order valence-electron chi connectivity index (χ1n) is 6.62. The van der Waals surface area contributed by atoms with Gasteiger partial charge < -0.3 is 15.5 Å². The van der Waals surface area contributed by atoms with Gasteiger partial charge in [-0.25, -0.2) is 0 Å². The monoisotopic (exact) mass is 236 g/mol. The predicted octanol–water partition coefficient (Wildman–Crippen LogP) is 0.964. The molecule has 17 heavy (non-hydrogen) atoms. The number of hydrogen-bond donors (Lipinski definition) is 2. The molecule has 0 radical (unpaired) electrons. The molecule has 0 aromatic rings. The van der Waals surface area contributed by atoms with Crippen molar-refractivity contribution >= 4 is 5.96 Å². The molecule has 0 spiro atoms. The molecule has 1 unspecified atom stereocenters. The zero-order chi connectivity index (χ0) is 12.1. The standard InChI is InChI=1S/C13H24N4/c1-14-13(16-11-6-3-4-7-11)15-10-12-8-5-9-17(12)2/h3-4,11-12H,5-10H2,1-2H3,(H2,14,15,16). The summed E-state index contributed by atoms with van der Waals surface area (Å²) in [4.78, 5) is 6.71. The first kappa shape index (κ1) is 12.4. The number of likely N-dealkylation sites (tertiary alicyclic amines) is 1. The quantitative estimate of drug-likeness (QED) is 0.436. The minimum atomic E-state index is 0.530. The van der Waals surface area contributed by atoms with Crippen LogP contribution in [0.3, 0.4) is 0 Å². The maximum absolute atomic E-state index is 4.29. The minimum Gasteiger partial charge on any atom is -0.355 e. The van der Waals surface area contributed by atoms with Crippen molar-refractivity contribution in [2.45, 2.75) is 37.8 Å². The Morgan fingerprint density at radius 1 is 1.41 bits per heavy atom. The van der Waals surface area contributed by atoms with Crippen LogP contribution in [0.1, 0.15) is 25.7 Å². The van der Waals surface area contributed by atoms with Crippen molar-refractivity contribution in [3.63, 3.8) is 0 Å². The third-order valence-electron chi connectivity index (χ3n) is 3.75. The average molecular weight is 236 g/mol. The summed E-state index contributed by atoms with van der Waals surface area (Å²) in [5.74, 6) is 0.944. The molecule has 0 aromatic carbocycles.